The Labute approximate surface area is 143 Å². The van der Waals surface area contributed by atoms with E-state index >= 15 is 0 Å². The highest BCUT2D eigenvalue weighted by molar-refractivity contribution is 9.10. The number of nitrogens with zero attached hydrogens (tertiary/aromatic N) is 1. The van der Waals surface area contributed by atoms with Gasteiger partial charge in [-0.15, -0.1) is 11.3 Å². The van der Waals surface area contributed by atoms with Crippen LogP contribution in [0.2, 0.25) is 10.0 Å². The van der Waals surface area contributed by atoms with Gasteiger partial charge in [0.25, 0.3) is 5.91 Å². The molecule has 0 atom stereocenters. The van der Waals surface area contributed by atoms with Gasteiger partial charge in [-0.05, 0) is 30.3 Å². The number of aromatic nitrogens is 1. The first-order chi connectivity index (χ1) is 10.0. The zero-order chi connectivity index (χ0) is 15.0. The molecule has 2 aromatic carbocycles. The van der Waals surface area contributed by atoms with Crippen LogP contribution in [0.1, 0.15) is 10.4 Å². The van der Waals surface area contributed by atoms with Gasteiger partial charge in [-0.25, -0.2) is 4.98 Å². The zero-order valence-corrected chi connectivity index (χ0v) is 14.3. The van der Waals surface area contributed by atoms with Crippen molar-refractivity contribution >= 4 is 72.3 Å². The molecular weight excluding hydrogens is 395 g/mol. The van der Waals surface area contributed by atoms with Crippen LogP contribution in [-0.4, -0.2) is 10.9 Å². The Balaban J connectivity index is 2.00. The summed E-state index contributed by atoms with van der Waals surface area (Å²) >= 11 is 16.9. The number of rotatable bonds is 2. The summed E-state index contributed by atoms with van der Waals surface area (Å²) in [4.78, 5) is 16.6. The standard InChI is InChI=1S/C14H7BrCl2N2OS/c15-8-3-7(4-9(16)5-8)14(20)19-12-10(17)1-2-11-13(12)18-6-21-11/h1-6H,(H,19,20). The number of carbonyl (C=O) groups is 1. The van der Waals surface area contributed by atoms with E-state index < -0.39 is 0 Å². The molecule has 0 aliphatic carbocycles. The van der Waals surface area contributed by atoms with Crippen LogP contribution < -0.4 is 5.32 Å². The van der Waals surface area contributed by atoms with Gasteiger partial charge in [0.1, 0.15) is 5.52 Å². The molecule has 0 bridgehead atoms. The summed E-state index contributed by atoms with van der Waals surface area (Å²) in [6.45, 7) is 0. The second kappa shape index (κ2) is 5.93. The Morgan fingerprint density at radius 3 is 2.81 bits per heavy atom. The van der Waals surface area contributed by atoms with Crippen LogP contribution in [0, 0.1) is 0 Å². The molecule has 21 heavy (non-hydrogen) atoms. The number of anilines is 1. The molecule has 0 saturated heterocycles. The first-order valence-electron chi connectivity index (χ1n) is 5.84. The summed E-state index contributed by atoms with van der Waals surface area (Å²) in [7, 11) is 0. The van der Waals surface area contributed by atoms with Crippen molar-refractivity contribution in [2.75, 3.05) is 5.32 Å². The van der Waals surface area contributed by atoms with E-state index in [1.807, 2.05) is 6.07 Å². The van der Waals surface area contributed by atoms with Crippen molar-refractivity contribution in [2.24, 2.45) is 0 Å². The van der Waals surface area contributed by atoms with Crippen molar-refractivity contribution in [3.05, 3.63) is 55.9 Å². The van der Waals surface area contributed by atoms with Crippen molar-refractivity contribution in [3.8, 4) is 0 Å². The Morgan fingerprint density at radius 2 is 2.05 bits per heavy atom. The molecule has 1 aromatic heterocycles. The van der Waals surface area contributed by atoms with Gasteiger partial charge in [0.05, 0.1) is 20.9 Å². The minimum Gasteiger partial charge on any atom is -0.319 e. The normalized spacial score (nSPS) is 10.8. The lowest BCUT2D eigenvalue weighted by atomic mass is 10.2. The third kappa shape index (κ3) is 3.06. The van der Waals surface area contributed by atoms with E-state index in [-0.39, 0.29) is 5.91 Å². The summed E-state index contributed by atoms with van der Waals surface area (Å²) in [5, 5.41) is 3.73. The predicted molar refractivity (Wildman–Crippen MR) is 91.7 cm³/mol. The molecule has 0 aliphatic heterocycles. The lowest BCUT2D eigenvalue weighted by Gasteiger charge is -2.09. The highest BCUT2D eigenvalue weighted by Gasteiger charge is 2.14. The van der Waals surface area contributed by atoms with Gasteiger partial charge in [0, 0.05) is 15.1 Å². The van der Waals surface area contributed by atoms with Gasteiger partial charge >= 0.3 is 0 Å². The maximum absolute atomic E-state index is 12.4. The average molecular weight is 402 g/mol. The minimum absolute atomic E-state index is 0.291. The third-order valence-electron chi connectivity index (χ3n) is 2.81. The van der Waals surface area contributed by atoms with Crippen LogP contribution in [0.3, 0.4) is 0 Å². The fourth-order valence-electron chi connectivity index (χ4n) is 1.90. The van der Waals surface area contributed by atoms with E-state index in [0.29, 0.717) is 26.8 Å². The molecular formula is C14H7BrCl2N2OS. The molecule has 106 valence electrons. The summed E-state index contributed by atoms with van der Waals surface area (Å²) < 4.78 is 1.69. The molecule has 0 fully saturated rings. The van der Waals surface area contributed by atoms with Crippen molar-refractivity contribution in [2.45, 2.75) is 0 Å². The van der Waals surface area contributed by atoms with Crippen LogP contribution >= 0.6 is 50.5 Å². The van der Waals surface area contributed by atoms with E-state index in [4.69, 9.17) is 23.2 Å². The lowest BCUT2D eigenvalue weighted by Crippen LogP contribution is -2.12. The fourth-order valence-corrected chi connectivity index (χ4v) is 3.64. The zero-order valence-electron chi connectivity index (χ0n) is 10.4. The smallest absolute Gasteiger partial charge is 0.255 e. The number of halogens is 3. The SMILES string of the molecule is O=C(Nc1c(Cl)ccc2scnc12)c1cc(Cl)cc(Br)c1. The highest BCUT2D eigenvalue weighted by Crippen LogP contribution is 2.32. The third-order valence-corrected chi connectivity index (χ3v) is 4.60. The molecule has 1 amide bonds. The molecule has 3 rings (SSSR count). The Kier molecular flexibility index (Phi) is 4.17. The number of nitrogens with one attached hydrogen (secondary N) is 1. The maximum atomic E-state index is 12.4. The Hall–Kier alpha value is -1.14. The fraction of sp³-hybridized carbons (Fsp3) is 0. The minimum atomic E-state index is -0.291. The quantitative estimate of drug-likeness (QED) is 0.605. The van der Waals surface area contributed by atoms with E-state index in [2.05, 4.69) is 26.2 Å². The van der Waals surface area contributed by atoms with Crippen LogP contribution in [0.5, 0.6) is 0 Å². The number of benzene rings is 2. The van der Waals surface area contributed by atoms with Crippen LogP contribution in [0.4, 0.5) is 5.69 Å². The van der Waals surface area contributed by atoms with Crippen molar-refractivity contribution in [1.82, 2.24) is 4.98 Å². The Morgan fingerprint density at radius 1 is 1.24 bits per heavy atom. The van der Waals surface area contributed by atoms with Gasteiger partial charge in [0.2, 0.25) is 0 Å². The monoisotopic (exact) mass is 400 g/mol. The summed E-state index contributed by atoms with van der Waals surface area (Å²) in [6, 6.07) is 8.62. The van der Waals surface area contributed by atoms with Crippen LogP contribution in [0.15, 0.2) is 40.3 Å². The molecule has 3 aromatic rings. The van der Waals surface area contributed by atoms with Gasteiger partial charge in [-0.1, -0.05) is 39.1 Å². The molecule has 0 unspecified atom stereocenters. The molecule has 1 N–H and O–H groups in total. The van der Waals surface area contributed by atoms with Crippen molar-refractivity contribution in [3.63, 3.8) is 0 Å². The van der Waals surface area contributed by atoms with E-state index in [0.717, 1.165) is 9.17 Å². The second-order valence-electron chi connectivity index (χ2n) is 4.23. The molecule has 0 radical (unpaired) electrons. The van der Waals surface area contributed by atoms with Gasteiger partial charge in [-0.3, -0.25) is 4.79 Å². The number of hydrogen-bond donors (Lipinski definition) is 1. The first-order valence-corrected chi connectivity index (χ1v) is 8.26. The number of carbonyl (C=O) groups excluding carboxylic acids is 1. The van der Waals surface area contributed by atoms with Crippen LogP contribution in [-0.2, 0) is 0 Å². The number of hydrogen-bond acceptors (Lipinski definition) is 3. The maximum Gasteiger partial charge on any atom is 0.255 e. The molecule has 0 aliphatic rings. The topological polar surface area (TPSA) is 42.0 Å². The average Bonchev–Trinajstić information content (AvgIpc) is 2.89. The highest BCUT2D eigenvalue weighted by atomic mass is 79.9. The molecule has 7 heteroatoms. The lowest BCUT2D eigenvalue weighted by molar-refractivity contribution is 0.102. The van der Waals surface area contributed by atoms with Crippen LogP contribution in [0.25, 0.3) is 10.2 Å². The second-order valence-corrected chi connectivity index (χ2v) is 6.88. The molecule has 1 heterocycles. The van der Waals surface area contributed by atoms with Crippen molar-refractivity contribution < 1.29 is 4.79 Å². The molecule has 3 nitrogen and oxygen atoms in total. The predicted octanol–water partition coefficient (Wildman–Crippen LogP) is 5.62. The van der Waals surface area contributed by atoms with Gasteiger partial charge < -0.3 is 5.32 Å². The molecule has 0 spiro atoms. The summed E-state index contributed by atoms with van der Waals surface area (Å²) in [5.74, 6) is -0.291. The number of thiazole rings is 1. The largest absolute Gasteiger partial charge is 0.319 e. The summed E-state index contributed by atoms with van der Waals surface area (Å²) in [6.07, 6.45) is 0. The number of amides is 1. The molecule has 0 saturated carbocycles. The van der Waals surface area contributed by atoms with E-state index in [9.17, 15) is 4.79 Å². The Bertz CT molecular complexity index is 830. The van der Waals surface area contributed by atoms with Gasteiger partial charge in [0.15, 0.2) is 0 Å². The van der Waals surface area contributed by atoms with E-state index in [1.165, 1.54) is 11.3 Å². The van der Waals surface area contributed by atoms with Crippen molar-refractivity contribution in [1.29, 1.82) is 0 Å². The first kappa shape index (κ1) is 14.8. The van der Waals surface area contributed by atoms with Gasteiger partial charge in [-0.2, -0.15) is 0 Å². The number of fused-ring (bicyclic) bond motifs is 1. The summed E-state index contributed by atoms with van der Waals surface area (Å²) in [5.41, 5.74) is 3.35. The van der Waals surface area contributed by atoms with E-state index in [1.54, 1.807) is 29.8 Å².